The van der Waals surface area contributed by atoms with Crippen molar-refractivity contribution in [2.24, 2.45) is 0 Å². The maximum Gasteiger partial charge on any atom is 0.212 e. The summed E-state index contributed by atoms with van der Waals surface area (Å²) in [6, 6.07) is 12.4. The zero-order valence-corrected chi connectivity index (χ0v) is 17.7. The van der Waals surface area contributed by atoms with Crippen molar-refractivity contribution in [3.05, 3.63) is 48.0 Å². The third-order valence-corrected chi connectivity index (χ3v) is 5.62. The van der Waals surface area contributed by atoms with Crippen LogP contribution in [0.3, 0.4) is 0 Å². The molecule has 1 aliphatic rings. The molecule has 0 amide bonds. The number of ether oxygens (including phenoxy) is 5. The lowest BCUT2D eigenvalue weighted by Crippen LogP contribution is -2.36. The van der Waals surface area contributed by atoms with Crippen molar-refractivity contribution in [3.8, 4) is 34.5 Å². The fourth-order valence-corrected chi connectivity index (χ4v) is 4.15. The van der Waals surface area contributed by atoms with Gasteiger partial charge in [0.15, 0.2) is 35.0 Å². The number of para-hydroxylation sites is 1. The van der Waals surface area contributed by atoms with Crippen LogP contribution in [-0.2, 0) is 0 Å². The van der Waals surface area contributed by atoms with Gasteiger partial charge in [0.25, 0.3) is 0 Å². The van der Waals surface area contributed by atoms with Crippen LogP contribution in [0.5, 0.6) is 34.5 Å². The van der Waals surface area contributed by atoms with Gasteiger partial charge in [-0.1, -0.05) is 24.3 Å². The van der Waals surface area contributed by atoms with Crippen LogP contribution in [0.15, 0.2) is 46.9 Å². The van der Waals surface area contributed by atoms with Crippen molar-refractivity contribution in [3.63, 3.8) is 0 Å². The predicted octanol–water partition coefficient (Wildman–Crippen LogP) is 4.19. The summed E-state index contributed by atoms with van der Waals surface area (Å²) in [5.41, 5.74) is 1.77. The Morgan fingerprint density at radius 3 is 2.41 bits per heavy atom. The van der Waals surface area contributed by atoms with Gasteiger partial charge in [-0.25, -0.2) is 0 Å². The second-order valence-corrected chi connectivity index (χ2v) is 7.34. The van der Waals surface area contributed by atoms with Crippen molar-refractivity contribution in [2.75, 3.05) is 27.9 Å². The number of benzene rings is 3. The molecule has 0 spiro atoms. The Balaban J connectivity index is 1.76. The zero-order valence-electron chi connectivity index (χ0n) is 17.7. The monoisotopic (exact) mass is 438 g/mol. The molecule has 2 unspecified atom stereocenters. The first-order valence-electron chi connectivity index (χ1n) is 10.0. The lowest BCUT2D eigenvalue weighted by molar-refractivity contribution is -0.0138. The van der Waals surface area contributed by atoms with Gasteiger partial charge in [0.2, 0.25) is 17.2 Å². The summed E-state index contributed by atoms with van der Waals surface area (Å²) < 4.78 is 35.3. The number of furan rings is 1. The molecule has 8 heteroatoms. The van der Waals surface area contributed by atoms with Gasteiger partial charge in [-0.05, 0) is 18.2 Å². The molecule has 2 atom stereocenters. The van der Waals surface area contributed by atoms with Crippen molar-refractivity contribution < 1.29 is 38.3 Å². The van der Waals surface area contributed by atoms with Crippen LogP contribution >= 0.6 is 0 Å². The van der Waals surface area contributed by atoms with E-state index in [-0.39, 0.29) is 23.9 Å². The lowest BCUT2D eigenvalue weighted by Gasteiger charge is -2.34. The summed E-state index contributed by atoms with van der Waals surface area (Å²) in [7, 11) is 4.52. The molecule has 0 radical (unpaired) electrons. The minimum atomic E-state index is -0.753. The summed E-state index contributed by atoms with van der Waals surface area (Å²) in [6.07, 6.45) is -1.45. The fourth-order valence-electron chi connectivity index (χ4n) is 4.15. The molecule has 1 aromatic heterocycles. The highest BCUT2D eigenvalue weighted by Gasteiger charge is 2.39. The minimum Gasteiger partial charge on any atom is -0.504 e. The average Bonchev–Trinajstić information content (AvgIpc) is 3.22. The average molecular weight is 438 g/mol. The summed E-state index contributed by atoms with van der Waals surface area (Å²) >= 11 is 0. The second kappa shape index (κ2) is 7.72. The molecule has 0 fully saturated rings. The predicted molar refractivity (Wildman–Crippen MR) is 116 cm³/mol. The number of aliphatic hydroxyl groups excluding tert-OH is 1. The Bertz CT molecular complexity index is 1310. The third kappa shape index (κ3) is 2.87. The van der Waals surface area contributed by atoms with E-state index in [1.165, 1.54) is 20.3 Å². The molecule has 5 rings (SSSR count). The highest BCUT2D eigenvalue weighted by Crippen LogP contribution is 2.57. The number of rotatable bonds is 5. The quantitative estimate of drug-likeness (QED) is 0.479. The fraction of sp³-hybridized carbons (Fsp3) is 0.250. The molecular weight excluding hydrogens is 416 g/mol. The van der Waals surface area contributed by atoms with Crippen molar-refractivity contribution in [1.29, 1.82) is 0 Å². The number of phenolic OH excluding ortho intramolecular Hbond substituents is 1. The molecule has 0 bridgehead atoms. The molecule has 2 N–H and O–H groups in total. The maximum absolute atomic E-state index is 10.1. The first-order valence-corrected chi connectivity index (χ1v) is 10.0. The molecule has 0 aliphatic carbocycles. The number of fused-ring (bicyclic) bond motifs is 5. The van der Waals surface area contributed by atoms with E-state index >= 15 is 0 Å². The first kappa shape index (κ1) is 20.1. The molecule has 8 nitrogen and oxygen atoms in total. The van der Waals surface area contributed by atoms with E-state index in [0.29, 0.717) is 39.4 Å². The number of aliphatic hydroxyl groups is 1. The molecule has 0 saturated heterocycles. The van der Waals surface area contributed by atoms with E-state index < -0.39 is 12.2 Å². The van der Waals surface area contributed by atoms with E-state index in [2.05, 4.69) is 0 Å². The van der Waals surface area contributed by atoms with E-state index in [1.807, 2.05) is 24.3 Å². The van der Waals surface area contributed by atoms with Crippen LogP contribution < -0.4 is 23.7 Å². The molecule has 4 aromatic rings. The Morgan fingerprint density at radius 1 is 0.906 bits per heavy atom. The van der Waals surface area contributed by atoms with Crippen molar-refractivity contribution in [1.82, 2.24) is 0 Å². The van der Waals surface area contributed by atoms with E-state index in [0.717, 1.165) is 5.39 Å². The molecule has 32 heavy (non-hydrogen) atoms. The molecule has 1 aliphatic heterocycles. The van der Waals surface area contributed by atoms with Gasteiger partial charge < -0.3 is 38.3 Å². The third-order valence-electron chi connectivity index (χ3n) is 5.62. The van der Waals surface area contributed by atoms with Gasteiger partial charge in [0.05, 0.1) is 33.3 Å². The topological polar surface area (TPSA) is 99.8 Å². The van der Waals surface area contributed by atoms with Crippen LogP contribution in [-0.4, -0.2) is 44.3 Å². The van der Waals surface area contributed by atoms with E-state index in [4.69, 9.17) is 28.1 Å². The first-order chi connectivity index (χ1) is 15.6. The van der Waals surface area contributed by atoms with Crippen LogP contribution in [0.1, 0.15) is 11.7 Å². The highest BCUT2D eigenvalue weighted by atomic mass is 16.6. The maximum atomic E-state index is 10.1. The minimum absolute atomic E-state index is 0.00000612. The largest absolute Gasteiger partial charge is 0.504 e. The number of methoxy groups -OCH3 is 3. The molecule has 0 saturated carbocycles. The molecule has 3 aromatic carbocycles. The van der Waals surface area contributed by atoms with E-state index in [1.54, 1.807) is 19.2 Å². The highest BCUT2D eigenvalue weighted by molar-refractivity contribution is 6.12. The van der Waals surface area contributed by atoms with Crippen molar-refractivity contribution >= 4 is 21.9 Å². The SMILES string of the molecule is COc1cc(C2Oc3c(c(OC)c(OC)c4c3oc3ccccc34)OC2CO)ccc1O. The summed E-state index contributed by atoms with van der Waals surface area (Å²) in [5, 5.41) is 21.6. The Labute approximate surface area is 183 Å². The van der Waals surface area contributed by atoms with Crippen LogP contribution in [0, 0.1) is 0 Å². The van der Waals surface area contributed by atoms with Crippen LogP contribution in [0.25, 0.3) is 21.9 Å². The number of hydrogen-bond donors (Lipinski definition) is 2. The van der Waals surface area contributed by atoms with Crippen LogP contribution in [0.4, 0.5) is 0 Å². The normalized spacial score (nSPS) is 17.5. The smallest absolute Gasteiger partial charge is 0.212 e. The van der Waals surface area contributed by atoms with Gasteiger partial charge in [0, 0.05) is 10.9 Å². The standard InChI is InChI=1S/C24H22O8/c1-27-16-10-12(8-9-14(16)26)19-17(11-25)31-24-22(29-3)20(28-2)18-13-6-4-5-7-15(13)30-21(18)23(24)32-19/h4-10,17,19,25-26H,11H2,1-3H3. The molecule has 2 heterocycles. The Morgan fingerprint density at radius 2 is 1.69 bits per heavy atom. The van der Waals surface area contributed by atoms with Gasteiger partial charge in [0.1, 0.15) is 5.58 Å². The zero-order chi connectivity index (χ0) is 22.4. The van der Waals surface area contributed by atoms with E-state index in [9.17, 15) is 10.2 Å². The van der Waals surface area contributed by atoms with Gasteiger partial charge in [-0.15, -0.1) is 0 Å². The number of phenols is 1. The van der Waals surface area contributed by atoms with Gasteiger partial charge in [-0.2, -0.15) is 0 Å². The van der Waals surface area contributed by atoms with Crippen LogP contribution in [0.2, 0.25) is 0 Å². The second-order valence-electron chi connectivity index (χ2n) is 7.34. The Hall–Kier alpha value is -3.78. The number of hydrogen-bond acceptors (Lipinski definition) is 8. The lowest BCUT2D eigenvalue weighted by atomic mass is 10.0. The molecular formula is C24H22O8. The summed E-state index contributed by atoms with van der Waals surface area (Å²) in [6.45, 7) is -0.322. The van der Waals surface area contributed by atoms with Gasteiger partial charge in [-0.3, -0.25) is 0 Å². The molecule has 166 valence electrons. The van der Waals surface area contributed by atoms with Gasteiger partial charge >= 0.3 is 0 Å². The summed E-state index contributed by atoms with van der Waals surface area (Å²) in [5.74, 6) is 1.72. The Kier molecular flexibility index (Phi) is 4.86. The number of aromatic hydroxyl groups is 1. The summed E-state index contributed by atoms with van der Waals surface area (Å²) in [4.78, 5) is 0. The van der Waals surface area contributed by atoms with Crippen molar-refractivity contribution in [2.45, 2.75) is 12.2 Å².